The fourth-order valence-electron chi connectivity index (χ4n) is 3.71. The van der Waals surface area contributed by atoms with Crippen molar-refractivity contribution in [2.75, 3.05) is 34.1 Å². The Labute approximate surface area is 242 Å². The van der Waals surface area contributed by atoms with Gasteiger partial charge in [-0.25, -0.2) is 27.5 Å². The minimum atomic E-state index is -4.77. The van der Waals surface area contributed by atoms with E-state index < -0.39 is 44.8 Å². The quantitative estimate of drug-likeness (QED) is 0.108. The number of rotatable bonds is 8. The van der Waals surface area contributed by atoms with Gasteiger partial charge in [-0.3, -0.25) is 0 Å². The predicted octanol–water partition coefficient (Wildman–Crippen LogP) is 6.80. The molecule has 222 valence electrons. The third kappa shape index (κ3) is 7.71. The van der Waals surface area contributed by atoms with Crippen LogP contribution in [0.1, 0.15) is 5.56 Å². The highest BCUT2D eigenvalue weighted by Gasteiger charge is 2.31. The number of carbonyl (C=O) groups is 1. The van der Waals surface area contributed by atoms with Gasteiger partial charge in [-0.05, 0) is 54.1 Å². The highest BCUT2D eigenvalue weighted by molar-refractivity contribution is 7.91. The largest absolute Gasteiger partial charge is 0.416 e. The van der Waals surface area contributed by atoms with E-state index in [4.69, 9.17) is 10.0 Å². The number of hydrogen-bond donors (Lipinski definition) is 5. The molecule has 0 saturated heterocycles. The zero-order valence-corrected chi connectivity index (χ0v) is 22.8. The molecule has 1 heterocycles. The lowest BCUT2D eigenvalue weighted by atomic mass is 10.1. The van der Waals surface area contributed by atoms with Crippen molar-refractivity contribution in [3.05, 3.63) is 84.1 Å². The topological polar surface area (TPSA) is 156 Å². The summed E-state index contributed by atoms with van der Waals surface area (Å²) in [6.07, 6.45) is -2.14. The molecule has 0 saturated carbocycles. The first-order chi connectivity index (χ1) is 20.2. The Hall–Kier alpha value is -5.30. The van der Waals surface area contributed by atoms with Crippen molar-refractivity contribution in [2.45, 2.75) is 11.1 Å². The van der Waals surface area contributed by atoms with E-state index in [0.29, 0.717) is 23.9 Å². The van der Waals surface area contributed by atoms with Crippen LogP contribution in [-0.2, 0) is 15.9 Å². The Bertz CT molecular complexity index is 1840. The zero-order valence-electron chi connectivity index (χ0n) is 22.0. The Morgan fingerprint density at radius 3 is 2.44 bits per heavy atom. The molecule has 5 N–H and O–H groups in total. The first kappa shape index (κ1) is 30.7. The summed E-state index contributed by atoms with van der Waals surface area (Å²) in [5.74, 6) is -1.84. The number of carbonyl (C=O) groups excluding carboxylic acids is 1. The van der Waals surface area contributed by atoms with E-state index in [9.17, 15) is 31.0 Å². The van der Waals surface area contributed by atoms with Gasteiger partial charge in [0.1, 0.15) is 24.0 Å². The second-order valence-electron chi connectivity index (χ2n) is 8.93. The minimum absolute atomic E-state index is 0.0752. The molecule has 0 aliphatic carbocycles. The molecule has 43 heavy (non-hydrogen) atoms. The average Bonchev–Trinajstić information content (AvgIpc) is 2.93. The van der Waals surface area contributed by atoms with Crippen molar-refractivity contribution < 1.29 is 31.0 Å². The van der Waals surface area contributed by atoms with E-state index in [1.54, 1.807) is 18.2 Å². The lowest BCUT2D eigenvalue weighted by Crippen LogP contribution is -2.21. The molecule has 1 atom stereocenters. The SMILES string of the molecule is CS(=N)(=O)c1cccc(Nc2ncc(-c3ccc(NC(=O)Nc4cc(C(F)(F)F)ccc4F)c(F)c3)c(NCC#N)n2)c1. The lowest BCUT2D eigenvalue weighted by Gasteiger charge is -2.14. The number of hydrogen-bond acceptors (Lipinski definition) is 8. The molecular weight excluding hydrogens is 595 g/mol. The summed E-state index contributed by atoms with van der Waals surface area (Å²) in [5.41, 5.74) is -1.33. The average molecular weight is 617 g/mol. The zero-order chi connectivity index (χ0) is 31.4. The van der Waals surface area contributed by atoms with Crippen LogP contribution in [0.3, 0.4) is 0 Å². The smallest absolute Gasteiger partial charge is 0.356 e. The van der Waals surface area contributed by atoms with Crippen LogP contribution >= 0.6 is 0 Å². The second-order valence-corrected chi connectivity index (χ2v) is 11.1. The van der Waals surface area contributed by atoms with E-state index in [-0.39, 0.29) is 40.0 Å². The monoisotopic (exact) mass is 616 g/mol. The van der Waals surface area contributed by atoms with Crippen LogP contribution in [0.15, 0.2) is 71.8 Å². The van der Waals surface area contributed by atoms with Crippen LogP contribution in [0.5, 0.6) is 0 Å². The molecule has 4 aromatic rings. The fourth-order valence-corrected chi connectivity index (χ4v) is 4.40. The van der Waals surface area contributed by atoms with Crippen LogP contribution in [0.4, 0.5) is 55.6 Å². The van der Waals surface area contributed by atoms with Crippen molar-refractivity contribution in [1.29, 1.82) is 10.0 Å². The van der Waals surface area contributed by atoms with Crippen LogP contribution < -0.4 is 21.3 Å². The highest BCUT2D eigenvalue weighted by atomic mass is 32.2. The number of anilines is 5. The number of aromatic nitrogens is 2. The lowest BCUT2D eigenvalue weighted by molar-refractivity contribution is -0.137. The molecule has 0 aliphatic heterocycles. The third-order valence-corrected chi connectivity index (χ3v) is 6.89. The van der Waals surface area contributed by atoms with E-state index in [1.165, 1.54) is 30.7 Å². The van der Waals surface area contributed by atoms with Gasteiger partial charge in [0.2, 0.25) is 5.95 Å². The van der Waals surface area contributed by atoms with Gasteiger partial charge in [0, 0.05) is 28.6 Å². The third-order valence-electron chi connectivity index (χ3n) is 5.73. The summed E-state index contributed by atoms with van der Waals surface area (Å²) >= 11 is 0. The maximum absolute atomic E-state index is 15.0. The van der Waals surface area contributed by atoms with Gasteiger partial charge in [-0.2, -0.15) is 23.4 Å². The molecule has 1 unspecified atom stereocenters. The maximum Gasteiger partial charge on any atom is 0.416 e. The molecule has 2 amide bonds. The van der Waals surface area contributed by atoms with Gasteiger partial charge in [-0.15, -0.1) is 0 Å². The molecule has 0 bridgehead atoms. The minimum Gasteiger partial charge on any atom is -0.356 e. The highest BCUT2D eigenvalue weighted by Crippen LogP contribution is 2.33. The van der Waals surface area contributed by atoms with Crippen molar-refractivity contribution >= 4 is 44.6 Å². The molecule has 16 heteroatoms. The number of nitriles is 1. The summed E-state index contributed by atoms with van der Waals surface area (Å²) in [7, 11) is -2.97. The molecule has 0 aliphatic rings. The number of amides is 2. The standard InChI is InChI=1S/C27H21F5N8O2S/c1-43(34,42)18-4-2-3-17(13-18)37-25-36-14-19(24(40-25)35-10-9-33)15-5-8-22(21(29)11-15)38-26(41)39-23-12-16(27(30,31)32)6-7-20(23)28/h2-8,11-14,34H,10H2,1H3,(H2,38,39,41)(H2,35,36,37,40). The van der Waals surface area contributed by atoms with E-state index in [1.807, 2.05) is 11.4 Å². The van der Waals surface area contributed by atoms with Crippen LogP contribution in [0, 0.1) is 27.7 Å². The molecule has 0 spiro atoms. The summed E-state index contributed by atoms with van der Waals surface area (Å²) in [5, 5.41) is 18.8. The van der Waals surface area contributed by atoms with Crippen LogP contribution in [0.25, 0.3) is 11.1 Å². The fraction of sp³-hybridized carbons (Fsp3) is 0.111. The van der Waals surface area contributed by atoms with Crippen molar-refractivity contribution in [1.82, 2.24) is 9.97 Å². The second kappa shape index (κ2) is 12.3. The summed E-state index contributed by atoms with van der Waals surface area (Å²) in [6, 6.07) is 12.1. The predicted molar refractivity (Wildman–Crippen MR) is 150 cm³/mol. The Morgan fingerprint density at radius 2 is 1.77 bits per heavy atom. The normalized spacial score (nSPS) is 12.5. The number of halogens is 5. The molecule has 10 nitrogen and oxygen atoms in total. The van der Waals surface area contributed by atoms with E-state index in [2.05, 4.69) is 25.9 Å². The van der Waals surface area contributed by atoms with Gasteiger partial charge in [0.05, 0.1) is 32.7 Å². The molecule has 0 fully saturated rings. The summed E-state index contributed by atoms with van der Waals surface area (Å²) < 4.78 is 87.6. The van der Waals surface area contributed by atoms with E-state index in [0.717, 1.165) is 6.07 Å². The van der Waals surface area contributed by atoms with Gasteiger partial charge >= 0.3 is 12.2 Å². The van der Waals surface area contributed by atoms with Gasteiger partial charge in [0.15, 0.2) is 0 Å². The van der Waals surface area contributed by atoms with Crippen molar-refractivity contribution in [2.24, 2.45) is 0 Å². The molecule has 3 aromatic carbocycles. The number of benzene rings is 3. The molecule has 0 radical (unpaired) electrons. The summed E-state index contributed by atoms with van der Waals surface area (Å²) in [4.78, 5) is 21.1. The molecule has 4 rings (SSSR count). The Kier molecular flexibility index (Phi) is 8.76. The number of nitrogens with zero attached hydrogens (tertiary/aromatic N) is 3. The number of alkyl halides is 3. The van der Waals surface area contributed by atoms with Gasteiger partial charge < -0.3 is 21.3 Å². The molecular formula is C27H21F5N8O2S. The van der Waals surface area contributed by atoms with Crippen LogP contribution in [0.2, 0.25) is 0 Å². The van der Waals surface area contributed by atoms with Gasteiger partial charge in [0.25, 0.3) is 0 Å². The first-order valence-electron chi connectivity index (χ1n) is 12.1. The van der Waals surface area contributed by atoms with Crippen molar-refractivity contribution in [3.63, 3.8) is 0 Å². The Morgan fingerprint density at radius 1 is 1.02 bits per heavy atom. The first-order valence-corrected chi connectivity index (χ1v) is 14.0. The number of nitrogens with one attached hydrogen (secondary N) is 5. The number of urea groups is 1. The van der Waals surface area contributed by atoms with E-state index >= 15 is 0 Å². The van der Waals surface area contributed by atoms with Crippen LogP contribution in [-0.4, -0.2) is 33.0 Å². The Balaban J connectivity index is 1.55. The maximum atomic E-state index is 15.0. The van der Waals surface area contributed by atoms with Gasteiger partial charge in [-0.1, -0.05) is 12.1 Å². The molecule has 1 aromatic heterocycles. The summed E-state index contributed by atoms with van der Waals surface area (Å²) in [6.45, 7) is -0.163. The van der Waals surface area contributed by atoms with Crippen molar-refractivity contribution in [3.8, 4) is 17.2 Å².